The van der Waals surface area contributed by atoms with Gasteiger partial charge in [0.25, 0.3) is 11.6 Å². The Morgan fingerprint density at radius 1 is 1.31 bits per heavy atom. The van der Waals surface area contributed by atoms with Gasteiger partial charge in [-0.1, -0.05) is 41.9 Å². The number of halogens is 2. The fourth-order valence-corrected chi connectivity index (χ4v) is 2.92. The number of aromatic nitrogens is 1. The molecule has 0 atom stereocenters. The number of fused-ring (bicyclic) bond motifs is 1. The van der Waals surface area contributed by atoms with E-state index < -0.39 is 22.3 Å². The third-order valence-corrected chi connectivity index (χ3v) is 4.29. The van der Waals surface area contributed by atoms with Gasteiger partial charge >= 0.3 is 0 Å². The van der Waals surface area contributed by atoms with Crippen LogP contribution in [0.4, 0.5) is 10.1 Å². The Morgan fingerprint density at radius 2 is 2.00 bits per heavy atom. The molecule has 0 aliphatic rings. The maximum absolute atomic E-state index is 13.7. The first-order chi connectivity index (χ1) is 12.4. The minimum absolute atomic E-state index is 0.0253. The number of pyridine rings is 1. The second kappa shape index (κ2) is 7.05. The van der Waals surface area contributed by atoms with Crippen LogP contribution in [-0.4, -0.2) is 27.8 Å². The number of amides is 1. The van der Waals surface area contributed by atoms with Gasteiger partial charge in [-0.25, -0.2) is 9.37 Å². The molecular weight excluding hydrogens is 361 g/mol. The summed E-state index contributed by atoms with van der Waals surface area (Å²) < 4.78 is 13.7. The topological polar surface area (TPSA) is 76.3 Å². The molecule has 3 rings (SSSR count). The largest absolute Gasteiger partial charge is 0.337 e. The lowest BCUT2D eigenvalue weighted by Gasteiger charge is -2.18. The third-order valence-electron chi connectivity index (χ3n) is 3.89. The summed E-state index contributed by atoms with van der Waals surface area (Å²) in [7, 11) is 1.60. The molecule has 0 spiro atoms. The summed E-state index contributed by atoms with van der Waals surface area (Å²) in [5.74, 6) is -1.24. The SMILES string of the molecule is CN(Cc1ccccc1)C(=O)c1cnc2c([N+](=O)[O-])cc(F)cc2c1Cl. The number of nitro groups is 1. The molecule has 1 aromatic heterocycles. The molecule has 26 heavy (non-hydrogen) atoms. The number of benzene rings is 2. The van der Waals surface area contributed by atoms with E-state index in [0.717, 1.165) is 17.7 Å². The van der Waals surface area contributed by atoms with Crippen molar-refractivity contribution in [3.63, 3.8) is 0 Å². The summed E-state index contributed by atoms with van der Waals surface area (Å²) >= 11 is 6.26. The molecule has 8 heteroatoms. The van der Waals surface area contributed by atoms with Crippen LogP contribution in [-0.2, 0) is 6.54 Å². The molecule has 2 aromatic carbocycles. The fourth-order valence-electron chi connectivity index (χ4n) is 2.64. The minimum atomic E-state index is -0.824. The van der Waals surface area contributed by atoms with E-state index in [1.165, 1.54) is 11.1 Å². The lowest BCUT2D eigenvalue weighted by atomic mass is 10.1. The Morgan fingerprint density at radius 3 is 2.65 bits per heavy atom. The second-order valence-corrected chi connectivity index (χ2v) is 6.09. The number of nitrogens with zero attached hydrogens (tertiary/aromatic N) is 3. The van der Waals surface area contributed by atoms with Crippen LogP contribution in [0.1, 0.15) is 15.9 Å². The van der Waals surface area contributed by atoms with E-state index in [9.17, 15) is 19.3 Å². The first-order valence-corrected chi connectivity index (χ1v) is 7.98. The van der Waals surface area contributed by atoms with Crippen LogP contribution >= 0.6 is 11.6 Å². The molecule has 3 aromatic rings. The summed E-state index contributed by atoms with van der Waals surface area (Å²) in [6.45, 7) is 0.345. The molecule has 6 nitrogen and oxygen atoms in total. The van der Waals surface area contributed by atoms with Crippen molar-refractivity contribution in [2.75, 3.05) is 7.05 Å². The maximum atomic E-state index is 13.7. The quantitative estimate of drug-likeness (QED) is 0.507. The summed E-state index contributed by atoms with van der Waals surface area (Å²) in [4.78, 5) is 28.5. The highest BCUT2D eigenvalue weighted by Crippen LogP contribution is 2.32. The number of carbonyl (C=O) groups is 1. The van der Waals surface area contributed by atoms with E-state index in [-0.39, 0.29) is 21.5 Å². The Balaban J connectivity index is 2.01. The van der Waals surface area contributed by atoms with E-state index in [1.807, 2.05) is 30.3 Å². The Hall–Kier alpha value is -3.06. The smallest absolute Gasteiger partial charge is 0.298 e. The summed E-state index contributed by atoms with van der Waals surface area (Å²) in [5.41, 5.74) is 0.412. The van der Waals surface area contributed by atoms with Gasteiger partial charge in [0.2, 0.25) is 0 Å². The first-order valence-electron chi connectivity index (χ1n) is 7.60. The van der Waals surface area contributed by atoms with Gasteiger partial charge in [-0.15, -0.1) is 0 Å². The molecule has 0 unspecified atom stereocenters. The first kappa shape index (κ1) is 17.8. The zero-order valence-electron chi connectivity index (χ0n) is 13.6. The average Bonchev–Trinajstić information content (AvgIpc) is 2.62. The Kier molecular flexibility index (Phi) is 4.81. The number of carbonyl (C=O) groups excluding carboxylic acids is 1. The molecule has 132 valence electrons. The molecule has 0 bridgehead atoms. The van der Waals surface area contributed by atoms with Gasteiger partial charge in [0, 0.05) is 25.2 Å². The van der Waals surface area contributed by atoms with Crippen molar-refractivity contribution in [3.05, 3.63) is 80.7 Å². The minimum Gasteiger partial charge on any atom is -0.337 e. The summed E-state index contributed by atoms with van der Waals surface area (Å²) in [6, 6.07) is 11.2. The van der Waals surface area contributed by atoms with Crippen LogP contribution in [0.15, 0.2) is 48.7 Å². The van der Waals surface area contributed by atoms with E-state index in [2.05, 4.69) is 4.98 Å². The number of hydrogen-bond donors (Lipinski definition) is 0. The van der Waals surface area contributed by atoms with Crippen molar-refractivity contribution in [3.8, 4) is 0 Å². The molecule has 0 saturated carbocycles. The van der Waals surface area contributed by atoms with Gasteiger partial charge in [0.1, 0.15) is 11.3 Å². The van der Waals surface area contributed by atoms with E-state index in [0.29, 0.717) is 6.54 Å². The number of nitro benzene ring substituents is 1. The van der Waals surface area contributed by atoms with Gasteiger partial charge in [-0.05, 0) is 11.6 Å². The normalized spacial score (nSPS) is 10.7. The van der Waals surface area contributed by atoms with Crippen molar-refractivity contribution < 1.29 is 14.1 Å². The highest BCUT2D eigenvalue weighted by atomic mass is 35.5. The molecule has 1 amide bonds. The molecule has 0 saturated heterocycles. The van der Waals surface area contributed by atoms with Crippen molar-refractivity contribution in [2.24, 2.45) is 0 Å². The van der Waals surface area contributed by atoms with Crippen LogP contribution in [0.5, 0.6) is 0 Å². The van der Waals surface area contributed by atoms with Crippen molar-refractivity contribution >= 4 is 34.1 Å². The Bertz CT molecular complexity index is 1010. The van der Waals surface area contributed by atoms with Gasteiger partial charge in [0.05, 0.1) is 21.6 Å². The van der Waals surface area contributed by atoms with Crippen molar-refractivity contribution in [2.45, 2.75) is 6.54 Å². The summed E-state index contributed by atoms with van der Waals surface area (Å²) in [5, 5.41) is 11.0. The average molecular weight is 374 g/mol. The molecule has 0 N–H and O–H groups in total. The molecular formula is C18H13ClFN3O3. The highest BCUT2D eigenvalue weighted by molar-refractivity contribution is 6.38. The maximum Gasteiger partial charge on any atom is 0.298 e. The van der Waals surface area contributed by atoms with Crippen LogP contribution in [0.25, 0.3) is 10.9 Å². The predicted octanol–water partition coefficient (Wildman–Crippen LogP) is 4.21. The number of non-ortho nitro benzene ring substituents is 1. The van der Waals surface area contributed by atoms with E-state index in [4.69, 9.17) is 11.6 Å². The molecule has 1 heterocycles. The van der Waals surface area contributed by atoms with Gasteiger partial charge in [-0.2, -0.15) is 0 Å². The van der Waals surface area contributed by atoms with E-state index in [1.54, 1.807) is 7.05 Å². The van der Waals surface area contributed by atoms with Gasteiger partial charge in [0.15, 0.2) is 0 Å². The molecule has 0 radical (unpaired) electrons. The van der Waals surface area contributed by atoms with Gasteiger partial charge < -0.3 is 4.90 Å². The zero-order valence-corrected chi connectivity index (χ0v) is 14.4. The van der Waals surface area contributed by atoms with Crippen LogP contribution in [0.2, 0.25) is 5.02 Å². The van der Waals surface area contributed by atoms with E-state index >= 15 is 0 Å². The second-order valence-electron chi connectivity index (χ2n) is 5.71. The standard InChI is InChI=1S/C18H13ClFN3O3/c1-22(10-11-5-3-2-4-6-11)18(24)14-9-21-17-13(16(14)19)7-12(20)8-15(17)23(25)26/h2-9H,10H2,1H3. The molecule has 0 aliphatic carbocycles. The van der Waals surface area contributed by atoms with Gasteiger partial charge in [-0.3, -0.25) is 14.9 Å². The molecule has 0 aliphatic heterocycles. The van der Waals surface area contributed by atoms with Crippen molar-refractivity contribution in [1.82, 2.24) is 9.88 Å². The van der Waals surface area contributed by atoms with Crippen LogP contribution < -0.4 is 0 Å². The van der Waals surface area contributed by atoms with Crippen LogP contribution in [0, 0.1) is 15.9 Å². The van der Waals surface area contributed by atoms with Crippen molar-refractivity contribution in [1.29, 1.82) is 0 Å². The monoisotopic (exact) mass is 373 g/mol. The predicted molar refractivity (Wildman–Crippen MR) is 95.6 cm³/mol. The number of rotatable bonds is 4. The lowest BCUT2D eigenvalue weighted by molar-refractivity contribution is -0.383. The third kappa shape index (κ3) is 3.34. The van der Waals surface area contributed by atoms with Crippen LogP contribution in [0.3, 0.4) is 0 Å². The lowest BCUT2D eigenvalue weighted by Crippen LogP contribution is -2.26. The molecule has 0 fully saturated rings. The Labute approximate surface area is 153 Å². The zero-order chi connectivity index (χ0) is 18.8. The highest BCUT2D eigenvalue weighted by Gasteiger charge is 2.23. The number of hydrogen-bond acceptors (Lipinski definition) is 4. The summed E-state index contributed by atoms with van der Waals surface area (Å²) in [6.07, 6.45) is 1.18. The fraction of sp³-hybridized carbons (Fsp3) is 0.111.